The normalized spacial score (nSPS) is 11.0. The number of halogens is 3. The van der Waals surface area contributed by atoms with Gasteiger partial charge in [0.1, 0.15) is 11.6 Å². The quantitative estimate of drug-likeness (QED) is 0.158. The molecule has 0 radical (unpaired) electrons. The van der Waals surface area contributed by atoms with Gasteiger partial charge in [-0.15, -0.1) is 0 Å². The second-order valence-electron chi connectivity index (χ2n) is 12.1. The predicted octanol–water partition coefficient (Wildman–Crippen LogP) is 12.6. The summed E-state index contributed by atoms with van der Waals surface area (Å²) in [6.45, 7) is 0. The molecule has 52 heavy (non-hydrogen) atoms. The molecule has 0 aliphatic rings. The number of hydrogen-bond acceptors (Lipinski definition) is 4. The van der Waals surface area contributed by atoms with Crippen LogP contribution in [0.15, 0.2) is 176 Å². The Morgan fingerprint density at radius 2 is 0.731 bits per heavy atom. The Labute approximate surface area is 305 Å². The summed E-state index contributed by atoms with van der Waals surface area (Å²) in [5.74, 6) is 0.260. The Morgan fingerprint density at radius 3 is 1.15 bits per heavy atom. The van der Waals surface area contributed by atoms with E-state index in [1.165, 1.54) is 24.3 Å². The summed E-state index contributed by atoms with van der Waals surface area (Å²) in [6.07, 6.45) is 0. The highest BCUT2D eigenvalue weighted by Crippen LogP contribution is 2.40. The van der Waals surface area contributed by atoms with Gasteiger partial charge in [0, 0.05) is 33.8 Å². The van der Waals surface area contributed by atoms with Crippen LogP contribution in [0.3, 0.4) is 0 Å². The lowest BCUT2D eigenvalue weighted by atomic mass is 10.0. The fraction of sp³-hybridized carbons (Fsp3) is 0. The van der Waals surface area contributed by atoms with E-state index < -0.39 is 0 Å². The van der Waals surface area contributed by atoms with Crippen LogP contribution in [0.25, 0.3) is 56.4 Å². The van der Waals surface area contributed by atoms with Crippen LogP contribution >= 0.6 is 11.6 Å². The molecule has 8 rings (SSSR count). The number of rotatable bonds is 8. The van der Waals surface area contributed by atoms with Crippen molar-refractivity contribution in [1.29, 1.82) is 0 Å². The molecule has 250 valence electrons. The van der Waals surface area contributed by atoms with Gasteiger partial charge in [-0.1, -0.05) is 96.5 Å². The van der Waals surface area contributed by atoms with Gasteiger partial charge in [0.15, 0.2) is 17.5 Å². The first-order valence-corrected chi connectivity index (χ1v) is 17.1. The van der Waals surface area contributed by atoms with Crippen LogP contribution in [0.5, 0.6) is 0 Å². The standard InChI is InChI=1S/C45H29ClF2N4/c46-42-29-40(27-28-41(42)45-50-43(34-11-19-36(47)20-12-34)49-44(51-45)35-13-21-37(48)22-14-35)52(38-23-15-32(16-24-38)30-7-3-1-4-8-30)39-25-17-33(18-26-39)31-9-5-2-6-10-31/h1-29H. The van der Waals surface area contributed by atoms with E-state index in [-0.39, 0.29) is 11.6 Å². The molecule has 0 unspecified atom stereocenters. The Morgan fingerprint density at radius 1 is 0.365 bits per heavy atom. The van der Waals surface area contributed by atoms with Crippen molar-refractivity contribution in [3.8, 4) is 56.4 Å². The number of anilines is 3. The molecule has 0 bridgehead atoms. The van der Waals surface area contributed by atoms with E-state index >= 15 is 0 Å². The van der Waals surface area contributed by atoms with Crippen molar-refractivity contribution in [3.63, 3.8) is 0 Å². The molecule has 0 atom stereocenters. The van der Waals surface area contributed by atoms with Crippen molar-refractivity contribution in [2.24, 2.45) is 0 Å². The molecule has 0 N–H and O–H groups in total. The Balaban J connectivity index is 1.21. The van der Waals surface area contributed by atoms with E-state index in [0.29, 0.717) is 39.2 Å². The molecule has 0 saturated carbocycles. The zero-order valence-electron chi connectivity index (χ0n) is 27.7. The highest BCUT2D eigenvalue weighted by atomic mass is 35.5. The second kappa shape index (κ2) is 14.4. The first kappa shape index (κ1) is 32.7. The largest absolute Gasteiger partial charge is 0.310 e. The Kier molecular flexibility index (Phi) is 9.05. The second-order valence-corrected chi connectivity index (χ2v) is 12.6. The van der Waals surface area contributed by atoms with Gasteiger partial charge in [-0.05, 0) is 113 Å². The van der Waals surface area contributed by atoms with Crippen LogP contribution < -0.4 is 4.90 Å². The summed E-state index contributed by atoms with van der Waals surface area (Å²) < 4.78 is 27.6. The molecule has 7 heteroatoms. The van der Waals surface area contributed by atoms with Crippen molar-refractivity contribution in [2.75, 3.05) is 4.90 Å². The minimum atomic E-state index is -0.371. The monoisotopic (exact) mass is 698 g/mol. The molecule has 0 aliphatic carbocycles. The van der Waals surface area contributed by atoms with Crippen molar-refractivity contribution in [1.82, 2.24) is 15.0 Å². The summed E-state index contributed by atoms with van der Waals surface area (Å²) in [7, 11) is 0. The Bertz CT molecular complexity index is 2310. The van der Waals surface area contributed by atoms with Gasteiger partial charge < -0.3 is 4.90 Å². The maximum Gasteiger partial charge on any atom is 0.165 e. The molecule has 0 aliphatic heterocycles. The van der Waals surface area contributed by atoms with Gasteiger partial charge >= 0.3 is 0 Å². The SMILES string of the molecule is Fc1ccc(-c2nc(-c3ccc(F)cc3)nc(-c3ccc(N(c4ccc(-c5ccccc5)cc4)c4ccc(-c5ccccc5)cc4)cc3Cl)n2)cc1. The maximum absolute atomic E-state index is 13.8. The van der Waals surface area contributed by atoms with Crippen molar-refractivity contribution >= 4 is 28.7 Å². The van der Waals surface area contributed by atoms with Crippen molar-refractivity contribution < 1.29 is 8.78 Å². The molecule has 8 aromatic rings. The number of benzene rings is 7. The van der Waals surface area contributed by atoms with Crippen LogP contribution in [0.2, 0.25) is 5.02 Å². The molecule has 4 nitrogen and oxygen atoms in total. The van der Waals surface area contributed by atoms with Crippen molar-refractivity contribution in [2.45, 2.75) is 0 Å². The van der Waals surface area contributed by atoms with Gasteiger partial charge in [-0.2, -0.15) is 0 Å². The fourth-order valence-electron chi connectivity index (χ4n) is 6.09. The van der Waals surface area contributed by atoms with Crippen LogP contribution in [0, 0.1) is 11.6 Å². The number of aromatic nitrogens is 3. The van der Waals surface area contributed by atoms with Crippen LogP contribution in [0.4, 0.5) is 25.8 Å². The zero-order valence-corrected chi connectivity index (χ0v) is 28.4. The fourth-order valence-corrected chi connectivity index (χ4v) is 6.35. The minimum absolute atomic E-state index is 0.330. The average molecular weight is 699 g/mol. The molecule has 1 aromatic heterocycles. The van der Waals surface area contributed by atoms with Gasteiger partial charge in [-0.3, -0.25) is 0 Å². The first-order valence-electron chi connectivity index (χ1n) is 16.7. The zero-order chi connectivity index (χ0) is 35.4. The highest BCUT2D eigenvalue weighted by Gasteiger charge is 2.19. The number of hydrogen-bond donors (Lipinski definition) is 0. The first-order chi connectivity index (χ1) is 25.5. The lowest BCUT2D eigenvalue weighted by Crippen LogP contribution is -2.10. The van der Waals surface area contributed by atoms with Gasteiger partial charge in [0.2, 0.25) is 0 Å². The summed E-state index contributed by atoms with van der Waals surface area (Å²) in [4.78, 5) is 16.3. The third-order valence-corrected chi connectivity index (χ3v) is 9.07. The minimum Gasteiger partial charge on any atom is -0.310 e. The number of nitrogens with zero attached hydrogens (tertiary/aromatic N) is 4. The molecule has 7 aromatic carbocycles. The molecule has 0 fully saturated rings. The van der Waals surface area contributed by atoms with E-state index in [1.54, 1.807) is 24.3 Å². The van der Waals surface area contributed by atoms with Crippen molar-refractivity contribution in [3.05, 3.63) is 193 Å². The Hall–Kier alpha value is -6.50. The summed E-state index contributed by atoms with van der Waals surface area (Å²) >= 11 is 7.11. The molecule has 0 saturated heterocycles. The van der Waals surface area contributed by atoms with Gasteiger partial charge in [0.05, 0.1) is 5.02 Å². The van der Waals surface area contributed by atoms with Gasteiger partial charge in [-0.25, -0.2) is 23.7 Å². The summed E-state index contributed by atoms with van der Waals surface area (Å²) in [5, 5.41) is 0.422. The lowest BCUT2D eigenvalue weighted by Gasteiger charge is -2.26. The molecule has 0 amide bonds. The topological polar surface area (TPSA) is 41.9 Å². The van der Waals surface area contributed by atoms with E-state index in [9.17, 15) is 8.78 Å². The van der Waals surface area contributed by atoms with Crippen LogP contribution in [-0.4, -0.2) is 15.0 Å². The van der Waals surface area contributed by atoms with Crippen LogP contribution in [0.1, 0.15) is 0 Å². The van der Waals surface area contributed by atoms with Crippen LogP contribution in [-0.2, 0) is 0 Å². The third-order valence-electron chi connectivity index (χ3n) is 8.76. The third kappa shape index (κ3) is 6.93. The average Bonchev–Trinajstić information content (AvgIpc) is 3.20. The smallest absolute Gasteiger partial charge is 0.165 e. The predicted molar refractivity (Wildman–Crippen MR) is 207 cm³/mol. The molecule has 0 spiro atoms. The van der Waals surface area contributed by atoms with E-state index in [4.69, 9.17) is 21.6 Å². The lowest BCUT2D eigenvalue weighted by molar-refractivity contribution is 0.627. The maximum atomic E-state index is 13.8. The summed E-state index contributed by atoms with van der Waals surface area (Å²) in [5.41, 5.74) is 9.02. The van der Waals surface area contributed by atoms with E-state index in [1.807, 2.05) is 54.6 Å². The molecule has 1 heterocycles. The van der Waals surface area contributed by atoms with E-state index in [2.05, 4.69) is 82.7 Å². The highest BCUT2D eigenvalue weighted by molar-refractivity contribution is 6.33. The molecular weight excluding hydrogens is 670 g/mol. The van der Waals surface area contributed by atoms with Gasteiger partial charge in [0.25, 0.3) is 0 Å². The summed E-state index contributed by atoms with van der Waals surface area (Å²) in [6, 6.07) is 55.0. The molecular formula is C45H29ClF2N4. The van der Waals surface area contributed by atoms with E-state index in [0.717, 1.165) is 39.3 Å².